The van der Waals surface area contributed by atoms with E-state index in [0.29, 0.717) is 35.9 Å². The first-order chi connectivity index (χ1) is 20.2. The number of nitrogens with zero attached hydrogens (tertiary/aromatic N) is 2. The van der Waals surface area contributed by atoms with E-state index >= 15 is 0 Å². The van der Waals surface area contributed by atoms with Crippen molar-refractivity contribution in [3.63, 3.8) is 0 Å². The van der Waals surface area contributed by atoms with Crippen molar-refractivity contribution in [2.24, 2.45) is 5.73 Å². The number of phenolic OH excluding ortho intramolecular Hbond substituents is 1. The summed E-state index contributed by atoms with van der Waals surface area (Å²) in [6.45, 7) is 0. The van der Waals surface area contributed by atoms with Crippen LogP contribution in [0.1, 0.15) is 30.4 Å². The Kier molecular flexibility index (Phi) is 10.5. The fourth-order valence-electron chi connectivity index (χ4n) is 4.90. The SMILES string of the molecule is CN(C)c1cc(NC(=O)Nc2ccccc2)c(O)c2c1CCCCC(N(C)C)/C(O)=C(/C(N)=O)C(=O)[C@@H](O)C(=O)C=C2O. The first-order valence-electron chi connectivity index (χ1n) is 13.5. The predicted octanol–water partition coefficient (Wildman–Crippen LogP) is 2.45. The molecular weight excluding hydrogens is 558 g/mol. The van der Waals surface area contributed by atoms with Gasteiger partial charge in [-0.1, -0.05) is 24.6 Å². The largest absolute Gasteiger partial charge is 0.510 e. The highest BCUT2D eigenvalue weighted by atomic mass is 16.3. The van der Waals surface area contributed by atoms with Gasteiger partial charge >= 0.3 is 6.03 Å². The molecule has 0 aliphatic heterocycles. The van der Waals surface area contributed by atoms with Crippen LogP contribution in [-0.2, 0) is 20.8 Å². The first-order valence-corrected chi connectivity index (χ1v) is 13.5. The normalized spacial score (nSPS) is 20.1. The molecule has 13 heteroatoms. The van der Waals surface area contributed by atoms with Crippen molar-refractivity contribution < 1.29 is 39.6 Å². The molecule has 0 saturated heterocycles. The van der Waals surface area contributed by atoms with E-state index < -0.39 is 58.5 Å². The number of carbonyl (C=O) groups excluding carboxylic acids is 4. The van der Waals surface area contributed by atoms with Crippen LogP contribution in [0.5, 0.6) is 5.75 Å². The number of rotatable bonds is 5. The lowest BCUT2D eigenvalue weighted by Gasteiger charge is -2.26. The second-order valence-corrected chi connectivity index (χ2v) is 10.5. The summed E-state index contributed by atoms with van der Waals surface area (Å²) in [4.78, 5) is 54.1. The number of urea groups is 1. The molecule has 0 bridgehead atoms. The van der Waals surface area contributed by atoms with Crippen LogP contribution in [0.15, 0.2) is 53.8 Å². The van der Waals surface area contributed by atoms with Crippen LogP contribution < -0.4 is 21.3 Å². The number of Topliss-reactive ketones (excluding diaryl/α,β-unsaturated/α-hetero) is 1. The smallest absolute Gasteiger partial charge is 0.323 e. The van der Waals surface area contributed by atoms with Crippen molar-refractivity contribution in [2.45, 2.75) is 37.8 Å². The van der Waals surface area contributed by atoms with Crippen molar-refractivity contribution in [1.29, 1.82) is 0 Å². The number of aliphatic hydroxyl groups excluding tert-OH is 3. The van der Waals surface area contributed by atoms with Crippen molar-refractivity contribution in [2.75, 3.05) is 43.7 Å². The van der Waals surface area contributed by atoms with Gasteiger partial charge in [-0.3, -0.25) is 19.3 Å². The Labute approximate surface area is 248 Å². The Balaban J connectivity index is 2.16. The maximum Gasteiger partial charge on any atom is 0.323 e. The van der Waals surface area contributed by atoms with Gasteiger partial charge in [0.2, 0.25) is 5.78 Å². The van der Waals surface area contributed by atoms with Crippen LogP contribution in [0.25, 0.3) is 5.76 Å². The Morgan fingerprint density at radius 1 is 0.977 bits per heavy atom. The minimum absolute atomic E-state index is 0.0856. The second kappa shape index (κ2) is 13.9. The summed E-state index contributed by atoms with van der Waals surface area (Å²) in [5, 5.41) is 49.0. The number of phenols is 1. The molecule has 0 fully saturated rings. The quantitative estimate of drug-likeness (QED) is 0.153. The second-order valence-electron chi connectivity index (χ2n) is 10.5. The van der Waals surface area contributed by atoms with Crippen molar-refractivity contribution >= 4 is 46.3 Å². The van der Waals surface area contributed by atoms with Crippen LogP contribution in [0.3, 0.4) is 0 Å². The van der Waals surface area contributed by atoms with Gasteiger partial charge < -0.3 is 41.7 Å². The predicted molar refractivity (Wildman–Crippen MR) is 162 cm³/mol. The van der Waals surface area contributed by atoms with E-state index in [0.717, 1.165) is 0 Å². The van der Waals surface area contributed by atoms with Crippen LogP contribution in [0, 0.1) is 0 Å². The molecule has 3 amide bonds. The van der Waals surface area contributed by atoms with Crippen molar-refractivity contribution in [3.8, 4) is 5.75 Å². The molecule has 0 aromatic heterocycles. The first kappa shape index (κ1) is 32.6. The van der Waals surface area contributed by atoms with Gasteiger partial charge in [0.15, 0.2) is 17.6 Å². The van der Waals surface area contributed by atoms with Gasteiger partial charge in [0, 0.05) is 31.5 Å². The Morgan fingerprint density at radius 3 is 2.21 bits per heavy atom. The van der Waals surface area contributed by atoms with E-state index in [1.807, 2.05) is 0 Å². The van der Waals surface area contributed by atoms with E-state index in [1.165, 1.54) is 6.07 Å². The van der Waals surface area contributed by atoms with Crippen molar-refractivity contribution in [3.05, 3.63) is 64.9 Å². The number of para-hydroxylation sites is 1. The number of nitrogens with two attached hydrogens (primary N) is 1. The number of nitrogens with one attached hydrogen (secondary N) is 2. The van der Waals surface area contributed by atoms with E-state index in [1.54, 1.807) is 68.3 Å². The maximum atomic E-state index is 13.0. The van der Waals surface area contributed by atoms with Gasteiger partial charge in [-0.2, -0.15) is 0 Å². The Morgan fingerprint density at radius 2 is 1.63 bits per heavy atom. The molecule has 13 nitrogen and oxygen atoms in total. The zero-order chi connectivity index (χ0) is 32.0. The number of aliphatic hydroxyl groups is 3. The summed E-state index contributed by atoms with van der Waals surface area (Å²) in [6, 6.07) is 8.57. The van der Waals surface area contributed by atoms with Crippen LogP contribution >= 0.6 is 0 Å². The number of benzene rings is 2. The Bertz CT molecular complexity index is 1470. The molecule has 8 N–H and O–H groups in total. The highest BCUT2D eigenvalue weighted by Crippen LogP contribution is 2.41. The third kappa shape index (κ3) is 7.50. The molecule has 0 heterocycles. The summed E-state index contributed by atoms with van der Waals surface area (Å²) in [6.07, 6.45) is -0.518. The van der Waals surface area contributed by atoms with Crippen LogP contribution in [0.2, 0.25) is 0 Å². The lowest BCUT2D eigenvalue weighted by atomic mass is 9.91. The summed E-state index contributed by atoms with van der Waals surface area (Å²) in [5.74, 6) is -6.11. The average molecular weight is 596 g/mol. The fourth-order valence-corrected chi connectivity index (χ4v) is 4.90. The van der Waals surface area contributed by atoms with E-state index in [9.17, 15) is 39.6 Å². The minimum atomic E-state index is -2.49. The minimum Gasteiger partial charge on any atom is -0.510 e. The number of carbonyl (C=O) groups is 4. The highest BCUT2D eigenvalue weighted by molar-refractivity contribution is 6.27. The third-order valence-electron chi connectivity index (χ3n) is 7.04. The molecule has 2 aromatic rings. The summed E-state index contributed by atoms with van der Waals surface area (Å²) < 4.78 is 0. The molecular formula is C30H37N5O8. The lowest BCUT2D eigenvalue weighted by molar-refractivity contribution is -0.134. The standard InChI is InChI=1S/C30H37N5O8/c1-34(2)19-13-9-8-12-17-20(35(3)4)14-18(33-30(43)32-16-10-6-5-7-11-16)25(38)23(17)21(36)15-22(37)27(40)28(41)24(26(19)39)29(31)42/h5-7,10-11,14-15,19,27,36,38-40H,8-9,12-13H2,1-4H3,(H2,31,42)(H2,32,33,43)/b21-15?,26-24-/t19?,27-/m0/s1. The van der Waals surface area contributed by atoms with Gasteiger partial charge in [0.05, 0.1) is 17.3 Å². The summed E-state index contributed by atoms with van der Waals surface area (Å²) >= 11 is 0. The number of amides is 3. The van der Waals surface area contributed by atoms with E-state index in [-0.39, 0.29) is 24.1 Å². The molecule has 3 rings (SSSR count). The van der Waals surface area contributed by atoms with E-state index in [2.05, 4.69) is 10.6 Å². The molecule has 43 heavy (non-hydrogen) atoms. The van der Waals surface area contributed by atoms with Gasteiger partial charge in [-0.25, -0.2) is 4.79 Å². The monoisotopic (exact) mass is 595 g/mol. The molecule has 1 aliphatic carbocycles. The topological polar surface area (TPSA) is 206 Å². The number of ketones is 2. The molecule has 1 unspecified atom stereocenters. The molecule has 230 valence electrons. The fraction of sp³-hybridized carbons (Fsp3) is 0.333. The van der Waals surface area contributed by atoms with Crippen LogP contribution in [0.4, 0.5) is 21.9 Å². The maximum absolute atomic E-state index is 13.0. The Hall–Kier alpha value is -4.88. The highest BCUT2D eigenvalue weighted by Gasteiger charge is 2.35. The zero-order valence-electron chi connectivity index (χ0n) is 24.4. The lowest BCUT2D eigenvalue weighted by Crippen LogP contribution is -2.39. The number of anilines is 3. The number of fused-ring (bicyclic) bond motifs is 1. The molecule has 0 saturated carbocycles. The zero-order valence-corrected chi connectivity index (χ0v) is 24.4. The molecule has 0 spiro atoms. The van der Waals surface area contributed by atoms with Gasteiger partial charge in [-0.15, -0.1) is 0 Å². The number of aromatic hydroxyl groups is 1. The third-order valence-corrected chi connectivity index (χ3v) is 7.04. The number of hydrogen-bond acceptors (Lipinski definition) is 10. The summed E-state index contributed by atoms with van der Waals surface area (Å²) in [5.41, 5.74) is 5.58. The molecule has 2 aromatic carbocycles. The number of hydrogen-bond donors (Lipinski definition) is 7. The van der Waals surface area contributed by atoms with Gasteiger partial charge in [0.1, 0.15) is 17.1 Å². The number of likely N-dealkylation sites (N-methyl/N-ethyl adjacent to an activating group) is 1. The average Bonchev–Trinajstić information content (AvgIpc) is 2.93. The molecule has 0 radical (unpaired) electrons. The molecule has 1 aliphatic rings. The van der Waals surface area contributed by atoms with Gasteiger partial charge in [-0.05, 0) is 57.1 Å². The van der Waals surface area contributed by atoms with Gasteiger partial charge in [0.25, 0.3) is 5.91 Å². The van der Waals surface area contributed by atoms with E-state index in [4.69, 9.17) is 5.73 Å². The molecule has 2 atom stereocenters. The summed E-state index contributed by atoms with van der Waals surface area (Å²) in [7, 11) is 6.68. The van der Waals surface area contributed by atoms with Crippen molar-refractivity contribution in [1.82, 2.24) is 4.90 Å². The van der Waals surface area contributed by atoms with Crippen LogP contribution in [-0.4, -0.2) is 89.2 Å². The number of primary amides is 1.